The van der Waals surface area contributed by atoms with E-state index in [2.05, 4.69) is 20.0 Å². The second-order valence-electron chi connectivity index (χ2n) is 3.32. The zero-order chi connectivity index (χ0) is 13.6. The van der Waals surface area contributed by atoms with Crippen molar-refractivity contribution in [2.75, 3.05) is 24.2 Å². The molecule has 9 heteroatoms. The number of anilines is 1. The zero-order valence-corrected chi connectivity index (χ0v) is 10.6. The predicted octanol–water partition coefficient (Wildman–Crippen LogP) is -0.474. The van der Waals surface area contributed by atoms with Crippen LogP contribution in [0, 0.1) is 0 Å². The second kappa shape index (κ2) is 6.26. The first-order valence-electron chi connectivity index (χ1n) is 5.21. The van der Waals surface area contributed by atoms with Gasteiger partial charge in [-0.25, -0.2) is 27.9 Å². The van der Waals surface area contributed by atoms with E-state index in [1.54, 1.807) is 6.92 Å². The molecule has 3 N–H and O–H groups in total. The predicted molar refractivity (Wildman–Crippen MR) is 64.9 cm³/mol. The number of carbonyl (C=O) groups is 1. The number of hydrogen-bond acceptors (Lipinski definition) is 6. The maximum Gasteiger partial charge on any atom is 0.356 e. The molecule has 0 atom stereocenters. The quantitative estimate of drug-likeness (QED) is 0.574. The highest BCUT2D eigenvalue weighted by Crippen LogP contribution is 2.00. The van der Waals surface area contributed by atoms with Crippen molar-refractivity contribution in [3.8, 4) is 0 Å². The number of carboxylic acid groups (broad SMARTS) is 1. The summed E-state index contributed by atoms with van der Waals surface area (Å²) in [6, 6.07) is 0. The first-order chi connectivity index (χ1) is 8.44. The van der Waals surface area contributed by atoms with Gasteiger partial charge in [-0.3, -0.25) is 0 Å². The van der Waals surface area contributed by atoms with E-state index in [4.69, 9.17) is 5.11 Å². The van der Waals surface area contributed by atoms with Crippen molar-refractivity contribution in [2.45, 2.75) is 6.92 Å². The van der Waals surface area contributed by atoms with Gasteiger partial charge in [0.05, 0.1) is 18.1 Å². The molecule has 1 rings (SSSR count). The van der Waals surface area contributed by atoms with Gasteiger partial charge < -0.3 is 10.4 Å². The Balaban J connectivity index is 2.38. The summed E-state index contributed by atoms with van der Waals surface area (Å²) in [5.41, 5.74) is -0.146. The first kappa shape index (κ1) is 14.3. The molecule has 0 fully saturated rings. The van der Waals surface area contributed by atoms with Gasteiger partial charge in [0.15, 0.2) is 5.69 Å². The first-order valence-corrected chi connectivity index (χ1v) is 6.86. The molecule has 1 heterocycles. The molecular weight excluding hydrogens is 260 g/mol. The molecule has 0 saturated carbocycles. The van der Waals surface area contributed by atoms with Gasteiger partial charge in [0.25, 0.3) is 0 Å². The van der Waals surface area contributed by atoms with Crippen molar-refractivity contribution in [1.82, 2.24) is 14.7 Å². The number of hydrogen-bond donors (Lipinski definition) is 3. The molecule has 100 valence electrons. The van der Waals surface area contributed by atoms with Crippen LogP contribution in [0.4, 0.5) is 5.82 Å². The molecule has 1 aromatic heterocycles. The molecular formula is C9H14N4O4S. The molecule has 0 aliphatic rings. The van der Waals surface area contributed by atoms with Crippen molar-refractivity contribution in [2.24, 2.45) is 0 Å². The van der Waals surface area contributed by atoms with Crippen LogP contribution in [0.15, 0.2) is 12.4 Å². The molecule has 0 unspecified atom stereocenters. The van der Waals surface area contributed by atoms with Crippen LogP contribution in [0.25, 0.3) is 0 Å². The Hall–Kier alpha value is -1.74. The normalized spacial score (nSPS) is 11.2. The third-order valence-electron chi connectivity index (χ3n) is 2.00. The number of nitrogens with zero attached hydrogens (tertiary/aromatic N) is 2. The fourth-order valence-electron chi connectivity index (χ4n) is 1.03. The Kier molecular flexibility index (Phi) is 4.98. The summed E-state index contributed by atoms with van der Waals surface area (Å²) >= 11 is 0. The molecule has 0 bridgehead atoms. The lowest BCUT2D eigenvalue weighted by Gasteiger charge is -2.06. The third-order valence-corrected chi connectivity index (χ3v) is 3.41. The second-order valence-corrected chi connectivity index (χ2v) is 5.41. The molecule has 0 spiro atoms. The number of rotatable bonds is 7. The topological polar surface area (TPSA) is 121 Å². The zero-order valence-electron chi connectivity index (χ0n) is 9.75. The average molecular weight is 274 g/mol. The summed E-state index contributed by atoms with van der Waals surface area (Å²) in [5.74, 6) is -0.736. The minimum atomic E-state index is -3.20. The van der Waals surface area contributed by atoms with Crippen LogP contribution in [-0.2, 0) is 10.0 Å². The van der Waals surface area contributed by atoms with Crippen LogP contribution in [0.1, 0.15) is 17.4 Å². The Morgan fingerprint density at radius 1 is 1.33 bits per heavy atom. The fourth-order valence-corrected chi connectivity index (χ4v) is 1.65. The van der Waals surface area contributed by atoms with Gasteiger partial charge in [0.2, 0.25) is 10.0 Å². The van der Waals surface area contributed by atoms with E-state index >= 15 is 0 Å². The maximum atomic E-state index is 11.1. The lowest BCUT2D eigenvalue weighted by Crippen LogP contribution is -2.30. The standard InChI is InChI=1S/C9H14N4O4S/c1-2-18(16,17)13-4-3-10-8-6-11-7(5-12-8)9(14)15/h5-6,13H,2-4H2,1H3,(H,10,12)(H,14,15). The molecule has 0 aromatic carbocycles. The van der Waals surface area contributed by atoms with Crippen molar-refractivity contribution in [3.05, 3.63) is 18.1 Å². The molecule has 18 heavy (non-hydrogen) atoms. The van der Waals surface area contributed by atoms with Gasteiger partial charge in [-0.1, -0.05) is 0 Å². The molecule has 0 aliphatic heterocycles. The number of nitrogens with one attached hydrogen (secondary N) is 2. The summed E-state index contributed by atoms with van der Waals surface area (Å²) in [4.78, 5) is 18.0. The van der Waals surface area contributed by atoms with E-state index in [9.17, 15) is 13.2 Å². The van der Waals surface area contributed by atoms with Gasteiger partial charge in [0.1, 0.15) is 5.82 Å². The Morgan fingerprint density at radius 3 is 2.56 bits per heavy atom. The molecule has 0 amide bonds. The Morgan fingerprint density at radius 2 is 2.06 bits per heavy atom. The van der Waals surface area contributed by atoms with Crippen LogP contribution in [0.3, 0.4) is 0 Å². The van der Waals surface area contributed by atoms with Gasteiger partial charge in [-0.2, -0.15) is 0 Å². The number of aromatic carboxylic acids is 1. The average Bonchev–Trinajstić information content (AvgIpc) is 2.35. The number of carboxylic acids is 1. The summed E-state index contributed by atoms with van der Waals surface area (Å²) < 4.78 is 24.6. The lowest BCUT2D eigenvalue weighted by molar-refractivity contribution is 0.0690. The highest BCUT2D eigenvalue weighted by molar-refractivity contribution is 7.89. The van der Waals surface area contributed by atoms with Crippen molar-refractivity contribution < 1.29 is 18.3 Å². The van der Waals surface area contributed by atoms with E-state index in [0.717, 1.165) is 6.20 Å². The van der Waals surface area contributed by atoms with Gasteiger partial charge in [0, 0.05) is 13.1 Å². The highest BCUT2D eigenvalue weighted by Gasteiger charge is 2.06. The summed E-state index contributed by atoms with van der Waals surface area (Å²) in [5, 5.41) is 11.4. The minimum absolute atomic E-state index is 0.0279. The van der Waals surface area contributed by atoms with Crippen molar-refractivity contribution in [1.29, 1.82) is 0 Å². The van der Waals surface area contributed by atoms with Crippen LogP contribution < -0.4 is 10.0 Å². The number of aromatic nitrogens is 2. The molecule has 0 radical (unpaired) electrons. The summed E-state index contributed by atoms with van der Waals surface area (Å²) in [6.07, 6.45) is 2.40. The fraction of sp³-hybridized carbons (Fsp3) is 0.444. The summed E-state index contributed by atoms with van der Waals surface area (Å²) in [7, 11) is -3.20. The van der Waals surface area contributed by atoms with Gasteiger partial charge in [-0.15, -0.1) is 0 Å². The third kappa shape index (κ3) is 4.63. The van der Waals surface area contributed by atoms with E-state index in [0.29, 0.717) is 12.4 Å². The van der Waals surface area contributed by atoms with Gasteiger partial charge >= 0.3 is 5.97 Å². The lowest BCUT2D eigenvalue weighted by atomic mass is 10.4. The van der Waals surface area contributed by atoms with E-state index in [-0.39, 0.29) is 18.0 Å². The smallest absolute Gasteiger partial charge is 0.356 e. The monoisotopic (exact) mass is 274 g/mol. The largest absolute Gasteiger partial charge is 0.476 e. The molecule has 1 aromatic rings. The maximum absolute atomic E-state index is 11.1. The molecule has 8 nitrogen and oxygen atoms in total. The van der Waals surface area contributed by atoms with E-state index in [1.807, 2.05) is 0 Å². The number of sulfonamides is 1. The Bertz CT molecular complexity index is 500. The van der Waals surface area contributed by atoms with Gasteiger partial charge in [-0.05, 0) is 6.92 Å². The van der Waals surface area contributed by atoms with E-state index < -0.39 is 16.0 Å². The van der Waals surface area contributed by atoms with Crippen LogP contribution in [0.5, 0.6) is 0 Å². The van der Waals surface area contributed by atoms with Crippen molar-refractivity contribution >= 4 is 21.8 Å². The summed E-state index contributed by atoms with van der Waals surface area (Å²) in [6.45, 7) is 2.10. The molecule has 0 aliphatic carbocycles. The van der Waals surface area contributed by atoms with Crippen LogP contribution >= 0.6 is 0 Å². The van der Waals surface area contributed by atoms with Crippen LogP contribution in [-0.4, -0.2) is 48.3 Å². The highest BCUT2D eigenvalue weighted by atomic mass is 32.2. The van der Waals surface area contributed by atoms with Crippen molar-refractivity contribution in [3.63, 3.8) is 0 Å². The SMILES string of the molecule is CCS(=O)(=O)NCCNc1cnc(C(=O)O)cn1. The minimum Gasteiger partial charge on any atom is -0.476 e. The van der Waals surface area contributed by atoms with E-state index in [1.165, 1.54) is 6.20 Å². The molecule has 0 saturated heterocycles. The van der Waals surface area contributed by atoms with Crippen LogP contribution in [0.2, 0.25) is 0 Å². The Labute approximate surface area is 105 Å².